The number of carbonyl (C=O) groups excluding carboxylic acids is 1. The van der Waals surface area contributed by atoms with Crippen molar-refractivity contribution >= 4 is 28.7 Å². The number of benzene rings is 1. The lowest BCUT2D eigenvalue weighted by Gasteiger charge is -2.15. The van der Waals surface area contributed by atoms with Crippen LogP contribution in [-0.4, -0.2) is 33.8 Å². The Labute approximate surface area is 140 Å². The molecule has 6 heteroatoms. The number of H-pyrrole nitrogens is 1. The maximum Gasteiger partial charge on any atom is 0.233 e. The number of hydrogen-bond donors (Lipinski definition) is 2. The van der Waals surface area contributed by atoms with Crippen LogP contribution in [0.4, 0.5) is 0 Å². The predicted octanol–water partition coefficient (Wildman–Crippen LogP) is 3.50. The number of aromatic amines is 1. The van der Waals surface area contributed by atoms with Gasteiger partial charge in [-0.3, -0.25) is 4.79 Å². The highest BCUT2D eigenvalue weighted by atomic mass is 32.2. The van der Waals surface area contributed by atoms with Gasteiger partial charge in [0.1, 0.15) is 5.75 Å². The second kappa shape index (κ2) is 7.25. The van der Waals surface area contributed by atoms with Gasteiger partial charge in [0.25, 0.3) is 0 Å². The van der Waals surface area contributed by atoms with Crippen molar-refractivity contribution in [3.05, 3.63) is 18.2 Å². The molecule has 0 spiro atoms. The maximum absolute atomic E-state index is 12.3. The minimum atomic E-state index is -0.164. The van der Waals surface area contributed by atoms with E-state index in [-0.39, 0.29) is 11.2 Å². The van der Waals surface area contributed by atoms with E-state index in [0.717, 1.165) is 34.8 Å². The molecule has 2 N–H and O–H groups in total. The summed E-state index contributed by atoms with van der Waals surface area (Å²) >= 11 is 1.46. The van der Waals surface area contributed by atoms with Gasteiger partial charge < -0.3 is 15.0 Å². The molecular weight excluding hydrogens is 310 g/mol. The zero-order chi connectivity index (χ0) is 16.2. The maximum atomic E-state index is 12.3. The number of nitrogens with zero attached hydrogens (tertiary/aromatic N) is 1. The number of fused-ring (bicyclic) bond motifs is 1. The zero-order valence-electron chi connectivity index (χ0n) is 13.6. The van der Waals surface area contributed by atoms with E-state index in [9.17, 15) is 4.79 Å². The van der Waals surface area contributed by atoms with E-state index in [1.807, 2.05) is 32.0 Å². The molecule has 1 heterocycles. The van der Waals surface area contributed by atoms with Crippen LogP contribution < -0.4 is 10.1 Å². The SMILES string of the molecule is CCOc1ccc2nc(SC(C)C(=O)NC3CCCC3)[nH]c2c1. The Morgan fingerprint density at radius 2 is 2.26 bits per heavy atom. The molecule has 1 aliphatic carbocycles. The van der Waals surface area contributed by atoms with Crippen molar-refractivity contribution < 1.29 is 9.53 Å². The molecule has 1 fully saturated rings. The van der Waals surface area contributed by atoms with E-state index < -0.39 is 0 Å². The van der Waals surface area contributed by atoms with E-state index in [1.165, 1.54) is 24.6 Å². The molecule has 0 bridgehead atoms. The molecule has 5 nitrogen and oxygen atoms in total. The number of amides is 1. The van der Waals surface area contributed by atoms with Crippen LogP contribution in [0, 0.1) is 0 Å². The highest BCUT2D eigenvalue weighted by molar-refractivity contribution is 8.00. The molecule has 0 radical (unpaired) electrons. The van der Waals surface area contributed by atoms with Crippen LogP contribution >= 0.6 is 11.8 Å². The molecule has 23 heavy (non-hydrogen) atoms. The van der Waals surface area contributed by atoms with Gasteiger partial charge in [0.05, 0.1) is 22.9 Å². The molecule has 124 valence electrons. The highest BCUT2D eigenvalue weighted by Crippen LogP contribution is 2.26. The summed E-state index contributed by atoms with van der Waals surface area (Å²) in [5.74, 6) is 0.921. The minimum absolute atomic E-state index is 0.0948. The molecule has 1 amide bonds. The third kappa shape index (κ3) is 3.99. The van der Waals surface area contributed by atoms with Crippen LogP contribution in [0.3, 0.4) is 0 Å². The number of rotatable bonds is 6. The summed E-state index contributed by atoms with van der Waals surface area (Å²) in [4.78, 5) is 20.1. The molecule has 1 unspecified atom stereocenters. The lowest BCUT2D eigenvalue weighted by molar-refractivity contribution is -0.120. The topological polar surface area (TPSA) is 67.0 Å². The van der Waals surface area contributed by atoms with Crippen LogP contribution in [0.15, 0.2) is 23.4 Å². The van der Waals surface area contributed by atoms with E-state index >= 15 is 0 Å². The van der Waals surface area contributed by atoms with Gasteiger partial charge in [0.2, 0.25) is 5.91 Å². The van der Waals surface area contributed by atoms with Crippen molar-refractivity contribution in [2.75, 3.05) is 6.61 Å². The van der Waals surface area contributed by atoms with Gasteiger partial charge >= 0.3 is 0 Å². The number of thioether (sulfide) groups is 1. The van der Waals surface area contributed by atoms with Gasteiger partial charge in [-0.25, -0.2) is 4.98 Å². The summed E-state index contributed by atoms with van der Waals surface area (Å²) in [6.07, 6.45) is 4.65. The van der Waals surface area contributed by atoms with E-state index in [4.69, 9.17) is 4.74 Å². The largest absolute Gasteiger partial charge is 0.494 e. The Bertz CT molecular complexity index is 680. The monoisotopic (exact) mass is 333 g/mol. The Kier molecular flexibility index (Phi) is 5.10. The second-order valence-corrected chi connectivity index (χ2v) is 7.23. The smallest absolute Gasteiger partial charge is 0.233 e. The second-order valence-electron chi connectivity index (χ2n) is 5.90. The van der Waals surface area contributed by atoms with Crippen LogP contribution in [0.25, 0.3) is 11.0 Å². The summed E-state index contributed by atoms with van der Waals surface area (Å²) in [7, 11) is 0. The van der Waals surface area contributed by atoms with E-state index in [2.05, 4.69) is 15.3 Å². The van der Waals surface area contributed by atoms with E-state index in [1.54, 1.807) is 0 Å². The standard InChI is InChI=1S/C17H23N3O2S/c1-3-22-13-8-9-14-15(10-13)20-17(19-14)23-11(2)16(21)18-12-6-4-5-7-12/h8-12H,3-7H2,1-2H3,(H,18,21)(H,19,20). The van der Waals surface area contributed by atoms with E-state index in [0.29, 0.717) is 12.6 Å². The summed E-state index contributed by atoms with van der Waals surface area (Å²) in [5, 5.41) is 3.74. The third-order valence-corrected chi connectivity index (χ3v) is 5.09. The first-order valence-corrected chi connectivity index (χ1v) is 9.13. The summed E-state index contributed by atoms with van der Waals surface area (Å²) in [6, 6.07) is 6.15. The minimum Gasteiger partial charge on any atom is -0.494 e. The first-order valence-electron chi connectivity index (χ1n) is 8.25. The number of hydrogen-bond acceptors (Lipinski definition) is 4. The number of nitrogens with one attached hydrogen (secondary N) is 2. The van der Waals surface area contributed by atoms with Crippen LogP contribution in [0.1, 0.15) is 39.5 Å². The quantitative estimate of drug-likeness (QED) is 0.794. The van der Waals surface area contributed by atoms with Gasteiger partial charge in [-0.15, -0.1) is 0 Å². The molecular formula is C17H23N3O2S. The number of imidazole rings is 1. The molecule has 1 atom stereocenters. The lowest BCUT2D eigenvalue weighted by Crippen LogP contribution is -2.37. The van der Waals surface area contributed by atoms with Crippen molar-refractivity contribution in [2.24, 2.45) is 0 Å². The van der Waals surface area contributed by atoms with Gasteiger partial charge in [0, 0.05) is 12.1 Å². The Morgan fingerprint density at radius 3 is 3.00 bits per heavy atom. The van der Waals surface area contributed by atoms with Crippen molar-refractivity contribution in [3.8, 4) is 5.75 Å². The highest BCUT2D eigenvalue weighted by Gasteiger charge is 2.22. The number of ether oxygens (including phenoxy) is 1. The molecule has 1 saturated carbocycles. The average molecular weight is 333 g/mol. The van der Waals surface area contributed by atoms with Gasteiger partial charge in [-0.05, 0) is 38.8 Å². The summed E-state index contributed by atoms with van der Waals surface area (Å²) in [6.45, 7) is 4.52. The van der Waals surface area contributed by atoms with Crippen LogP contribution in [-0.2, 0) is 4.79 Å². The van der Waals surface area contributed by atoms with Crippen molar-refractivity contribution in [1.29, 1.82) is 0 Å². The number of carbonyl (C=O) groups is 1. The first kappa shape index (κ1) is 16.2. The third-order valence-electron chi connectivity index (χ3n) is 4.10. The number of aromatic nitrogens is 2. The van der Waals surface area contributed by atoms with Crippen molar-refractivity contribution in [1.82, 2.24) is 15.3 Å². The fourth-order valence-corrected chi connectivity index (χ4v) is 3.72. The Hall–Kier alpha value is -1.69. The fourth-order valence-electron chi connectivity index (χ4n) is 2.89. The Morgan fingerprint density at radius 1 is 1.48 bits per heavy atom. The molecule has 0 aliphatic heterocycles. The summed E-state index contributed by atoms with van der Waals surface area (Å²) < 4.78 is 5.50. The van der Waals surface area contributed by atoms with Crippen molar-refractivity contribution in [3.63, 3.8) is 0 Å². The molecule has 2 aromatic rings. The fraction of sp³-hybridized carbons (Fsp3) is 0.529. The molecule has 1 aromatic heterocycles. The first-order chi connectivity index (χ1) is 11.2. The van der Waals surface area contributed by atoms with Gasteiger partial charge in [0.15, 0.2) is 5.16 Å². The molecule has 1 aliphatic rings. The van der Waals surface area contributed by atoms with Crippen LogP contribution in [0.2, 0.25) is 0 Å². The summed E-state index contributed by atoms with van der Waals surface area (Å²) in [5.41, 5.74) is 1.82. The zero-order valence-corrected chi connectivity index (χ0v) is 14.4. The van der Waals surface area contributed by atoms with Gasteiger partial charge in [-0.2, -0.15) is 0 Å². The van der Waals surface area contributed by atoms with Gasteiger partial charge in [-0.1, -0.05) is 24.6 Å². The molecule has 1 aromatic carbocycles. The molecule has 0 saturated heterocycles. The Balaban J connectivity index is 1.64. The van der Waals surface area contributed by atoms with Crippen molar-refractivity contribution in [2.45, 2.75) is 56.0 Å². The van der Waals surface area contributed by atoms with Crippen LogP contribution in [0.5, 0.6) is 5.75 Å². The normalized spacial score (nSPS) is 16.6. The average Bonchev–Trinajstić information content (AvgIpc) is 3.16. The molecule has 3 rings (SSSR count). The lowest BCUT2D eigenvalue weighted by atomic mass is 10.2. The predicted molar refractivity (Wildman–Crippen MR) is 93.0 cm³/mol.